The number of carbonyl (C=O) groups is 1. The van der Waals surface area contributed by atoms with Crippen molar-refractivity contribution in [2.75, 3.05) is 6.54 Å². The van der Waals surface area contributed by atoms with Crippen molar-refractivity contribution >= 4 is 16.7 Å². The van der Waals surface area contributed by atoms with Crippen LogP contribution in [0, 0.1) is 5.92 Å². The lowest BCUT2D eigenvalue weighted by molar-refractivity contribution is 0.0920. The Hall–Kier alpha value is -2.10. The second kappa shape index (κ2) is 6.37. The summed E-state index contributed by atoms with van der Waals surface area (Å²) in [5.74, 6) is 0.299. The van der Waals surface area contributed by atoms with Gasteiger partial charge in [-0.05, 0) is 29.9 Å². The summed E-state index contributed by atoms with van der Waals surface area (Å²) < 4.78 is 5.07. The lowest BCUT2D eigenvalue weighted by Gasteiger charge is -2.09. The first-order valence-electron chi connectivity index (χ1n) is 6.93. The summed E-state index contributed by atoms with van der Waals surface area (Å²) >= 11 is 0. The van der Waals surface area contributed by atoms with Crippen LogP contribution in [0.15, 0.2) is 39.5 Å². The van der Waals surface area contributed by atoms with Crippen LogP contribution in [0.2, 0.25) is 0 Å². The predicted molar refractivity (Wildman–Crippen MR) is 78.9 cm³/mol. The van der Waals surface area contributed by atoms with E-state index in [0.717, 1.165) is 18.2 Å². The third-order valence-corrected chi connectivity index (χ3v) is 3.51. The minimum atomic E-state index is -0.477. The maximum absolute atomic E-state index is 12.0. The van der Waals surface area contributed by atoms with Gasteiger partial charge >= 0.3 is 5.63 Å². The number of hydrogen-bond acceptors (Lipinski definition) is 3. The Morgan fingerprint density at radius 1 is 1.35 bits per heavy atom. The summed E-state index contributed by atoms with van der Waals surface area (Å²) in [5.41, 5.74) is -0.477. The Kier molecular flexibility index (Phi) is 4.56. The van der Waals surface area contributed by atoms with Gasteiger partial charge in [-0.15, -0.1) is 0 Å². The molecule has 1 atom stereocenters. The van der Waals surface area contributed by atoms with Gasteiger partial charge in [-0.3, -0.25) is 4.79 Å². The minimum Gasteiger partial charge on any atom is -0.417 e. The molecule has 4 heteroatoms. The maximum atomic E-state index is 12.0. The molecule has 0 spiro atoms. The number of fused-ring (bicyclic) bond motifs is 1. The molecule has 0 fully saturated rings. The van der Waals surface area contributed by atoms with Gasteiger partial charge in [0.2, 0.25) is 0 Å². The molecule has 1 aromatic heterocycles. The highest BCUT2D eigenvalue weighted by atomic mass is 16.4. The van der Waals surface area contributed by atoms with Crippen LogP contribution in [-0.2, 0) is 0 Å². The first-order chi connectivity index (χ1) is 9.61. The first-order valence-corrected chi connectivity index (χ1v) is 6.93. The van der Waals surface area contributed by atoms with Gasteiger partial charge in [-0.25, -0.2) is 4.79 Å². The third kappa shape index (κ3) is 3.26. The predicted octanol–water partition coefficient (Wildman–Crippen LogP) is 2.96. The zero-order chi connectivity index (χ0) is 14.5. The Morgan fingerprint density at radius 3 is 2.85 bits per heavy atom. The molecule has 1 aromatic carbocycles. The minimum absolute atomic E-state index is 0.0675. The van der Waals surface area contributed by atoms with Crippen molar-refractivity contribution in [3.8, 4) is 0 Å². The van der Waals surface area contributed by atoms with Gasteiger partial charge in [0.1, 0.15) is 0 Å². The molecule has 1 N–H and O–H groups in total. The summed E-state index contributed by atoms with van der Waals surface area (Å²) in [6.45, 7) is 4.85. The Bertz CT molecular complexity index is 660. The van der Waals surface area contributed by atoms with E-state index in [1.54, 1.807) is 24.3 Å². The number of carbonyl (C=O) groups excluding carboxylic acids is 1. The zero-order valence-electron chi connectivity index (χ0n) is 11.8. The summed E-state index contributed by atoms with van der Waals surface area (Å²) in [5, 5.41) is 3.99. The van der Waals surface area contributed by atoms with Crippen molar-refractivity contribution in [2.45, 2.75) is 26.7 Å². The second-order valence-corrected chi connectivity index (χ2v) is 5.04. The Labute approximate surface area is 117 Å². The van der Waals surface area contributed by atoms with E-state index in [-0.39, 0.29) is 11.7 Å². The van der Waals surface area contributed by atoms with Gasteiger partial charge in [0.05, 0.1) is 5.39 Å². The third-order valence-electron chi connectivity index (χ3n) is 3.51. The van der Waals surface area contributed by atoms with Crippen LogP contribution in [-0.4, -0.2) is 12.5 Å². The van der Waals surface area contributed by atoms with Crippen LogP contribution in [0.4, 0.5) is 0 Å². The highest BCUT2D eigenvalue weighted by Crippen LogP contribution is 2.11. The standard InChI is InChI=1S/C16H19NO3/c1-3-11(2)8-9-17-15(18)14-10-12-6-4-5-7-13(12)16(19)20-14/h4-7,10-11H,3,8-9H2,1-2H3,(H,17,18). The van der Waals surface area contributed by atoms with Crippen molar-refractivity contribution in [3.05, 3.63) is 46.5 Å². The van der Waals surface area contributed by atoms with E-state index < -0.39 is 5.63 Å². The molecule has 0 aliphatic carbocycles. The molecule has 0 radical (unpaired) electrons. The lowest BCUT2D eigenvalue weighted by Crippen LogP contribution is -2.26. The van der Waals surface area contributed by atoms with Crippen LogP contribution < -0.4 is 10.9 Å². The summed E-state index contributed by atoms with van der Waals surface area (Å²) in [7, 11) is 0. The van der Waals surface area contributed by atoms with Crippen LogP contribution in [0.1, 0.15) is 37.2 Å². The molecular weight excluding hydrogens is 254 g/mol. The number of rotatable bonds is 5. The average molecular weight is 273 g/mol. The van der Waals surface area contributed by atoms with E-state index in [2.05, 4.69) is 19.2 Å². The fourth-order valence-electron chi connectivity index (χ4n) is 1.97. The number of hydrogen-bond donors (Lipinski definition) is 1. The van der Waals surface area contributed by atoms with E-state index in [1.165, 1.54) is 0 Å². The Morgan fingerprint density at radius 2 is 2.10 bits per heavy atom. The molecule has 2 rings (SSSR count). The molecule has 0 bridgehead atoms. The fourth-order valence-corrected chi connectivity index (χ4v) is 1.97. The molecule has 1 heterocycles. The highest BCUT2D eigenvalue weighted by Gasteiger charge is 2.11. The molecule has 0 aliphatic rings. The van der Waals surface area contributed by atoms with Crippen molar-refractivity contribution in [2.24, 2.45) is 5.92 Å². The maximum Gasteiger partial charge on any atom is 0.344 e. The molecule has 1 amide bonds. The van der Waals surface area contributed by atoms with E-state index in [4.69, 9.17) is 4.42 Å². The molecule has 0 saturated carbocycles. The second-order valence-electron chi connectivity index (χ2n) is 5.04. The van der Waals surface area contributed by atoms with Gasteiger partial charge in [0.15, 0.2) is 5.76 Å². The molecule has 0 aliphatic heterocycles. The smallest absolute Gasteiger partial charge is 0.344 e. The van der Waals surface area contributed by atoms with Crippen LogP contribution in [0.5, 0.6) is 0 Å². The molecule has 20 heavy (non-hydrogen) atoms. The topological polar surface area (TPSA) is 59.3 Å². The van der Waals surface area contributed by atoms with Gasteiger partial charge < -0.3 is 9.73 Å². The SMILES string of the molecule is CCC(C)CCNC(=O)c1cc2ccccc2c(=O)o1. The van der Waals surface area contributed by atoms with Gasteiger partial charge in [-0.2, -0.15) is 0 Å². The summed E-state index contributed by atoms with van der Waals surface area (Å²) in [6.07, 6.45) is 2.00. The van der Waals surface area contributed by atoms with Crippen molar-refractivity contribution < 1.29 is 9.21 Å². The number of nitrogens with one attached hydrogen (secondary N) is 1. The van der Waals surface area contributed by atoms with E-state index in [0.29, 0.717) is 17.8 Å². The molecule has 106 valence electrons. The molecule has 2 aromatic rings. The molecule has 1 unspecified atom stereocenters. The number of benzene rings is 1. The van der Waals surface area contributed by atoms with Crippen LogP contribution in [0.3, 0.4) is 0 Å². The largest absolute Gasteiger partial charge is 0.417 e. The summed E-state index contributed by atoms with van der Waals surface area (Å²) in [4.78, 5) is 23.8. The molecular formula is C16H19NO3. The van der Waals surface area contributed by atoms with Crippen molar-refractivity contribution in [1.29, 1.82) is 0 Å². The molecule has 4 nitrogen and oxygen atoms in total. The van der Waals surface area contributed by atoms with Gasteiger partial charge in [0, 0.05) is 6.54 Å². The van der Waals surface area contributed by atoms with Gasteiger partial charge in [0.25, 0.3) is 5.91 Å². The highest BCUT2D eigenvalue weighted by molar-refractivity contribution is 5.95. The average Bonchev–Trinajstić information content (AvgIpc) is 2.46. The molecule has 0 saturated heterocycles. The summed E-state index contributed by atoms with van der Waals surface area (Å²) in [6, 6.07) is 8.68. The van der Waals surface area contributed by atoms with E-state index in [1.807, 2.05) is 6.07 Å². The van der Waals surface area contributed by atoms with Crippen LogP contribution in [0.25, 0.3) is 10.8 Å². The normalized spacial score (nSPS) is 12.3. The first kappa shape index (κ1) is 14.3. The lowest BCUT2D eigenvalue weighted by atomic mass is 10.1. The zero-order valence-corrected chi connectivity index (χ0v) is 11.8. The van der Waals surface area contributed by atoms with E-state index >= 15 is 0 Å². The van der Waals surface area contributed by atoms with E-state index in [9.17, 15) is 9.59 Å². The van der Waals surface area contributed by atoms with Crippen molar-refractivity contribution in [3.63, 3.8) is 0 Å². The monoisotopic (exact) mass is 273 g/mol. The number of amides is 1. The fraction of sp³-hybridized carbons (Fsp3) is 0.375. The Balaban J connectivity index is 2.12. The van der Waals surface area contributed by atoms with Crippen LogP contribution >= 0.6 is 0 Å². The van der Waals surface area contributed by atoms with Crippen molar-refractivity contribution in [1.82, 2.24) is 5.32 Å². The quantitative estimate of drug-likeness (QED) is 0.911. The van der Waals surface area contributed by atoms with Gasteiger partial charge in [-0.1, -0.05) is 38.5 Å².